The van der Waals surface area contributed by atoms with Gasteiger partial charge in [0.25, 0.3) is 0 Å². The Balaban J connectivity index is 1.65. The molecule has 1 saturated heterocycles. The van der Waals surface area contributed by atoms with Crippen LogP contribution in [0.1, 0.15) is 37.2 Å². The lowest BCUT2D eigenvalue weighted by Crippen LogP contribution is -2.20. The highest BCUT2D eigenvalue weighted by Gasteiger charge is 2.25. The second-order valence-electron chi connectivity index (χ2n) is 5.04. The number of benzene rings is 1. The van der Waals surface area contributed by atoms with Gasteiger partial charge in [0, 0.05) is 0 Å². The van der Waals surface area contributed by atoms with E-state index < -0.39 is 11.4 Å². The predicted octanol–water partition coefficient (Wildman–Crippen LogP) is 2.72. The largest absolute Gasteiger partial charge is 0.490 e. The summed E-state index contributed by atoms with van der Waals surface area (Å²) < 4.78 is 26.7. The Morgan fingerprint density at radius 1 is 1.26 bits per heavy atom. The van der Waals surface area contributed by atoms with Crippen LogP contribution in [-0.4, -0.2) is 23.5 Å². The first-order valence-electron chi connectivity index (χ1n) is 6.77. The van der Waals surface area contributed by atoms with Crippen molar-refractivity contribution in [1.82, 2.24) is 0 Å². The van der Waals surface area contributed by atoms with Crippen molar-refractivity contribution in [3.8, 4) is 5.75 Å². The van der Waals surface area contributed by atoms with Crippen molar-refractivity contribution >= 4 is 11.4 Å². The maximum absolute atomic E-state index is 11.0. The normalized spacial score (nSPS) is 27.8. The molecule has 4 nitrogen and oxygen atoms in total. The molecule has 19 heavy (non-hydrogen) atoms. The Labute approximate surface area is 115 Å². The molecule has 0 amide bonds. The molecule has 0 spiro atoms. The topological polar surface area (TPSA) is 44.8 Å². The average molecular weight is 282 g/mol. The van der Waals surface area contributed by atoms with Gasteiger partial charge < -0.3 is 4.74 Å². The van der Waals surface area contributed by atoms with E-state index in [1.165, 1.54) is 31.2 Å². The van der Waals surface area contributed by atoms with Crippen LogP contribution >= 0.6 is 0 Å². The highest BCUT2D eigenvalue weighted by atomic mass is 32.2. The van der Waals surface area contributed by atoms with Crippen molar-refractivity contribution in [3.05, 3.63) is 29.8 Å². The smallest absolute Gasteiger partial charge is 0.305 e. The third-order valence-electron chi connectivity index (χ3n) is 3.70. The molecule has 1 heterocycles. The van der Waals surface area contributed by atoms with E-state index in [0.717, 1.165) is 5.75 Å². The summed E-state index contributed by atoms with van der Waals surface area (Å²) in [7, 11) is 0. The van der Waals surface area contributed by atoms with Gasteiger partial charge in [0.15, 0.2) is 0 Å². The lowest BCUT2D eigenvalue weighted by Gasteiger charge is -2.16. The van der Waals surface area contributed by atoms with E-state index in [9.17, 15) is 4.21 Å². The molecule has 0 N–H and O–H groups in total. The van der Waals surface area contributed by atoms with Crippen molar-refractivity contribution in [3.63, 3.8) is 0 Å². The summed E-state index contributed by atoms with van der Waals surface area (Å²) in [5.41, 5.74) is 1.29. The highest BCUT2D eigenvalue weighted by Crippen LogP contribution is 2.38. The molecule has 1 aliphatic heterocycles. The molecule has 1 unspecified atom stereocenters. The van der Waals surface area contributed by atoms with Gasteiger partial charge in [-0.05, 0) is 30.4 Å². The molecule has 0 bridgehead atoms. The summed E-state index contributed by atoms with van der Waals surface area (Å²) in [6, 6.07) is 8.19. The molecule has 1 saturated carbocycles. The first kappa shape index (κ1) is 13.1. The third-order valence-corrected chi connectivity index (χ3v) is 4.46. The number of hydrogen-bond acceptors (Lipinski definition) is 4. The Bertz CT molecular complexity index is 457. The quantitative estimate of drug-likeness (QED) is 0.851. The molecule has 0 aromatic heterocycles. The molecular formula is C14H18O4S. The molecule has 2 fully saturated rings. The fourth-order valence-corrected chi connectivity index (χ4v) is 3.39. The minimum absolute atomic E-state index is 0.238. The highest BCUT2D eigenvalue weighted by molar-refractivity contribution is 7.75. The van der Waals surface area contributed by atoms with Crippen LogP contribution in [0, 0.1) is 0 Å². The first-order chi connectivity index (χ1) is 9.33. The van der Waals surface area contributed by atoms with Crippen LogP contribution in [0.4, 0.5) is 0 Å². The van der Waals surface area contributed by atoms with E-state index in [4.69, 9.17) is 13.1 Å². The zero-order valence-corrected chi connectivity index (χ0v) is 11.6. The van der Waals surface area contributed by atoms with Crippen LogP contribution in [-0.2, 0) is 19.7 Å². The average Bonchev–Trinajstić information content (AvgIpc) is 3.08. The Morgan fingerprint density at radius 2 is 2.05 bits per heavy atom. The molecular weight excluding hydrogens is 264 g/mol. The second-order valence-corrected chi connectivity index (χ2v) is 5.87. The van der Waals surface area contributed by atoms with E-state index in [1.54, 1.807) is 0 Å². The van der Waals surface area contributed by atoms with Crippen LogP contribution in [0.25, 0.3) is 0 Å². The number of ether oxygens (including phenoxy) is 1. The standard InChI is InChI=1S/C14H18O4S/c15-19-17-10-12(18-19)9-16-14-8-4-3-7-13(14)11-5-1-2-6-11/h3-4,7-8,11-12H,1-2,5-6,9-10H2/t12-,19?/m1/s1. The zero-order valence-electron chi connectivity index (χ0n) is 10.7. The first-order valence-corrected chi connectivity index (χ1v) is 7.77. The van der Waals surface area contributed by atoms with Crippen LogP contribution < -0.4 is 4.74 Å². The SMILES string of the molecule is O=S1OC[C@@H](COc2ccccc2C2CCCC2)O1. The van der Waals surface area contributed by atoms with Gasteiger partial charge in [0.05, 0.1) is 6.61 Å². The summed E-state index contributed by atoms with van der Waals surface area (Å²) in [6.07, 6.45) is 4.85. The molecule has 1 aliphatic carbocycles. The summed E-state index contributed by atoms with van der Waals surface area (Å²) in [4.78, 5) is 0. The Morgan fingerprint density at radius 3 is 2.79 bits per heavy atom. The molecule has 2 aliphatic rings. The van der Waals surface area contributed by atoms with Gasteiger partial charge in [-0.1, -0.05) is 31.0 Å². The van der Waals surface area contributed by atoms with Gasteiger partial charge in [0.1, 0.15) is 18.5 Å². The predicted molar refractivity (Wildman–Crippen MR) is 72.1 cm³/mol. The minimum atomic E-state index is -1.60. The number of hydrogen-bond donors (Lipinski definition) is 0. The van der Waals surface area contributed by atoms with Gasteiger partial charge in [-0.2, -0.15) is 4.21 Å². The lowest BCUT2D eigenvalue weighted by molar-refractivity contribution is 0.150. The number of para-hydroxylation sites is 1. The second kappa shape index (κ2) is 6.03. The van der Waals surface area contributed by atoms with Crippen molar-refractivity contribution in [2.75, 3.05) is 13.2 Å². The van der Waals surface area contributed by atoms with Gasteiger partial charge in [0.2, 0.25) is 0 Å². The van der Waals surface area contributed by atoms with Crippen molar-refractivity contribution in [2.45, 2.75) is 37.7 Å². The summed E-state index contributed by atoms with van der Waals surface area (Å²) in [5.74, 6) is 1.54. The maximum Gasteiger partial charge on any atom is 0.305 e. The minimum Gasteiger partial charge on any atom is -0.490 e. The summed E-state index contributed by atoms with van der Waals surface area (Å²) in [5, 5.41) is 0. The van der Waals surface area contributed by atoms with Crippen LogP contribution in [0.3, 0.4) is 0 Å². The van der Waals surface area contributed by atoms with Crippen molar-refractivity contribution in [2.24, 2.45) is 0 Å². The van der Waals surface area contributed by atoms with E-state index >= 15 is 0 Å². The van der Waals surface area contributed by atoms with E-state index in [2.05, 4.69) is 12.1 Å². The monoisotopic (exact) mass is 282 g/mol. The third kappa shape index (κ3) is 3.16. The van der Waals surface area contributed by atoms with Gasteiger partial charge in [-0.25, -0.2) is 0 Å². The lowest BCUT2D eigenvalue weighted by atomic mass is 9.97. The van der Waals surface area contributed by atoms with E-state index in [-0.39, 0.29) is 6.10 Å². The van der Waals surface area contributed by atoms with Crippen LogP contribution in [0.15, 0.2) is 24.3 Å². The van der Waals surface area contributed by atoms with Gasteiger partial charge in [-0.15, -0.1) is 0 Å². The molecule has 2 atom stereocenters. The van der Waals surface area contributed by atoms with E-state index in [1.807, 2.05) is 12.1 Å². The van der Waals surface area contributed by atoms with E-state index in [0.29, 0.717) is 19.1 Å². The molecule has 0 radical (unpaired) electrons. The molecule has 104 valence electrons. The van der Waals surface area contributed by atoms with Crippen LogP contribution in [0.2, 0.25) is 0 Å². The fraction of sp³-hybridized carbons (Fsp3) is 0.571. The van der Waals surface area contributed by atoms with Crippen molar-refractivity contribution < 1.29 is 17.3 Å². The zero-order chi connectivity index (χ0) is 13.1. The number of rotatable bonds is 4. The summed E-state index contributed by atoms with van der Waals surface area (Å²) >= 11 is -1.60. The fourth-order valence-electron chi connectivity index (χ4n) is 2.74. The van der Waals surface area contributed by atoms with Gasteiger partial charge >= 0.3 is 11.4 Å². The molecule has 1 aromatic carbocycles. The Kier molecular flexibility index (Phi) is 4.15. The van der Waals surface area contributed by atoms with Gasteiger partial charge in [-0.3, -0.25) is 8.37 Å². The molecule has 1 aromatic rings. The van der Waals surface area contributed by atoms with Crippen LogP contribution in [0.5, 0.6) is 5.75 Å². The summed E-state index contributed by atoms with van der Waals surface area (Å²) in [6.45, 7) is 0.716. The Hall–Kier alpha value is -0.910. The maximum atomic E-state index is 11.0. The molecule has 3 rings (SSSR count). The molecule has 5 heteroatoms. The van der Waals surface area contributed by atoms with Crippen molar-refractivity contribution in [1.29, 1.82) is 0 Å².